The topological polar surface area (TPSA) is 89.8 Å². The van der Waals surface area contributed by atoms with Gasteiger partial charge in [0.25, 0.3) is 0 Å². The van der Waals surface area contributed by atoms with Crippen molar-refractivity contribution in [2.24, 2.45) is 0 Å². The fraction of sp³-hybridized carbons (Fsp3) is 0.462. The molecule has 1 aromatic rings. The van der Waals surface area contributed by atoms with Crippen molar-refractivity contribution in [3.05, 3.63) is 29.8 Å². The third kappa shape index (κ3) is 6.22. The zero-order chi connectivity index (χ0) is 13.4. The van der Waals surface area contributed by atoms with Gasteiger partial charge in [0.2, 0.25) is 0 Å². The van der Waals surface area contributed by atoms with Crippen molar-refractivity contribution in [2.75, 3.05) is 11.9 Å². The predicted octanol–water partition coefficient (Wildman–Crippen LogP) is 1.21. The van der Waals surface area contributed by atoms with Crippen LogP contribution in [-0.4, -0.2) is 34.1 Å². The Morgan fingerprint density at radius 3 is 2.39 bits per heavy atom. The van der Waals surface area contributed by atoms with E-state index in [1.54, 1.807) is 0 Å². The second-order valence-electron chi connectivity index (χ2n) is 4.16. The van der Waals surface area contributed by atoms with Gasteiger partial charge in [0.05, 0.1) is 6.54 Å². The highest BCUT2D eigenvalue weighted by molar-refractivity contribution is 5.66. The Hall–Kier alpha value is -1.59. The Morgan fingerprint density at radius 1 is 1.17 bits per heavy atom. The number of carbonyl (C=O) groups is 1. The van der Waals surface area contributed by atoms with Gasteiger partial charge in [-0.2, -0.15) is 0 Å². The number of anilines is 1. The largest absolute Gasteiger partial charge is 0.481 e. The molecule has 100 valence electrons. The van der Waals surface area contributed by atoms with E-state index in [0.29, 0.717) is 6.42 Å². The Bertz CT molecular complexity index is 362. The Balaban J connectivity index is 2.29. The number of hydrogen-bond acceptors (Lipinski definition) is 4. The first-order valence-electron chi connectivity index (χ1n) is 5.98. The van der Waals surface area contributed by atoms with E-state index in [2.05, 4.69) is 5.32 Å². The number of carboxylic acids is 1. The highest BCUT2D eigenvalue weighted by Crippen LogP contribution is 2.12. The number of unbranched alkanes of at least 4 members (excludes halogenated alkanes) is 1. The van der Waals surface area contributed by atoms with E-state index in [0.717, 1.165) is 24.1 Å². The average molecular weight is 253 g/mol. The van der Waals surface area contributed by atoms with Crippen LogP contribution in [0.25, 0.3) is 0 Å². The molecule has 0 unspecified atom stereocenters. The lowest BCUT2D eigenvalue weighted by Gasteiger charge is -2.08. The Morgan fingerprint density at radius 2 is 1.83 bits per heavy atom. The van der Waals surface area contributed by atoms with Crippen LogP contribution in [0.3, 0.4) is 0 Å². The first kappa shape index (κ1) is 14.5. The summed E-state index contributed by atoms with van der Waals surface area (Å²) >= 11 is 0. The summed E-state index contributed by atoms with van der Waals surface area (Å²) in [7, 11) is 0. The van der Waals surface area contributed by atoms with Gasteiger partial charge < -0.3 is 20.6 Å². The number of rotatable bonds is 8. The number of aliphatic hydroxyl groups is 2. The fourth-order valence-corrected chi connectivity index (χ4v) is 1.60. The molecule has 0 heterocycles. The molecule has 0 aliphatic rings. The lowest BCUT2D eigenvalue weighted by atomic mass is 10.1. The third-order valence-electron chi connectivity index (χ3n) is 2.55. The van der Waals surface area contributed by atoms with Crippen molar-refractivity contribution >= 4 is 11.7 Å². The number of aliphatic carboxylic acids is 1. The van der Waals surface area contributed by atoms with Crippen LogP contribution in [0.5, 0.6) is 0 Å². The van der Waals surface area contributed by atoms with Crippen molar-refractivity contribution < 1.29 is 20.1 Å². The van der Waals surface area contributed by atoms with E-state index >= 15 is 0 Å². The Labute approximate surface area is 106 Å². The van der Waals surface area contributed by atoms with Gasteiger partial charge >= 0.3 is 5.97 Å². The molecule has 5 nitrogen and oxygen atoms in total. The van der Waals surface area contributed by atoms with Crippen LogP contribution in [-0.2, 0) is 11.2 Å². The van der Waals surface area contributed by atoms with Crippen LogP contribution < -0.4 is 5.32 Å². The molecule has 0 atom stereocenters. The third-order valence-corrected chi connectivity index (χ3v) is 2.55. The first-order chi connectivity index (χ1) is 8.58. The maximum atomic E-state index is 10.3. The maximum absolute atomic E-state index is 10.3. The molecule has 0 fully saturated rings. The molecule has 4 N–H and O–H groups in total. The van der Waals surface area contributed by atoms with Crippen molar-refractivity contribution in [3.8, 4) is 0 Å². The van der Waals surface area contributed by atoms with Gasteiger partial charge in [-0.15, -0.1) is 0 Å². The minimum absolute atomic E-state index is 0.0952. The highest BCUT2D eigenvalue weighted by atomic mass is 16.5. The summed E-state index contributed by atoms with van der Waals surface area (Å²) in [6, 6.07) is 7.64. The molecular weight excluding hydrogens is 234 g/mol. The average Bonchev–Trinajstić information content (AvgIpc) is 2.33. The standard InChI is InChI=1S/C13H19NO4/c15-12(16)4-2-1-3-10-5-7-11(8-6-10)14-9-13(17)18/h5-8,13-14,17-18H,1-4,9H2,(H,15,16). The zero-order valence-corrected chi connectivity index (χ0v) is 10.2. The molecule has 0 bridgehead atoms. The normalized spacial score (nSPS) is 10.6. The van der Waals surface area contributed by atoms with Crippen LogP contribution in [0.4, 0.5) is 5.69 Å². The van der Waals surface area contributed by atoms with Gasteiger partial charge in [-0.1, -0.05) is 12.1 Å². The van der Waals surface area contributed by atoms with Gasteiger partial charge in [0, 0.05) is 12.1 Å². The quantitative estimate of drug-likeness (QED) is 0.413. The molecule has 0 saturated heterocycles. The van der Waals surface area contributed by atoms with Crippen molar-refractivity contribution in [1.29, 1.82) is 0 Å². The van der Waals surface area contributed by atoms with Crippen LogP contribution in [0.2, 0.25) is 0 Å². The summed E-state index contributed by atoms with van der Waals surface area (Å²) in [5, 5.41) is 28.8. The van der Waals surface area contributed by atoms with Crippen LogP contribution in [0.15, 0.2) is 24.3 Å². The summed E-state index contributed by atoms with van der Waals surface area (Å²) in [5.74, 6) is -0.753. The van der Waals surface area contributed by atoms with Crippen LogP contribution >= 0.6 is 0 Å². The molecule has 0 radical (unpaired) electrons. The summed E-state index contributed by atoms with van der Waals surface area (Å²) in [4.78, 5) is 10.3. The van der Waals surface area contributed by atoms with Crippen LogP contribution in [0, 0.1) is 0 Å². The maximum Gasteiger partial charge on any atom is 0.303 e. The molecule has 0 aliphatic carbocycles. The number of aryl methyl sites for hydroxylation is 1. The van der Waals surface area contributed by atoms with E-state index < -0.39 is 12.3 Å². The molecule has 0 aliphatic heterocycles. The summed E-state index contributed by atoms with van der Waals surface area (Å²) in [5.41, 5.74) is 1.98. The zero-order valence-electron chi connectivity index (χ0n) is 10.2. The number of benzene rings is 1. The smallest absolute Gasteiger partial charge is 0.303 e. The summed E-state index contributed by atoms with van der Waals surface area (Å²) < 4.78 is 0. The fourth-order valence-electron chi connectivity index (χ4n) is 1.60. The lowest BCUT2D eigenvalue weighted by molar-refractivity contribution is -0.137. The van der Waals surface area contributed by atoms with Gasteiger partial charge in [0.15, 0.2) is 6.29 Å². The summed E-state index contributed by atoms with van der Waals surface area (Å²) in [6.45, 7) is 0.0952. The first-order valence-corrected chi connectivity index (χ1v) is 5.98. The van der Waals surface area contributed by atoms with E-state index in [9.17, 15) is 4.79 Å². The summed E-state index contributed by atoms with van der Waals surface area (Å²) in [6.07, 6.45) is 1.26. The lowest BCUT2D eigenvalue weighted by Crippen LogP contribution is -2.18. The minimum Gasteiger partial charge on any atom is -0.481 e. The molecule has 0 aromatic heterocycles. The van der Waals surface area contributed by atoms with Gasteiger partial charge in [-0.25, -0.2) is 0 Å². The number of aliphatic hydroxyl groups excluding tert-OH is 1. The van der Waals surface area contributed by atoms with E-state index in [-0.39, 0.29) is 13.0 Å². The van der Waals surface area contributed by atoms with Crippen LogP contribution in [0.1, 0.15) is 24.8 Å². The second kappa shape index (κ2) is 7.68. The molecule has 5 heteroatoms. The van der Waals surface area contributed by atoms with Crippen molar-refractivity contribution in [1.82, 2.24) is 0 Å². The number of hydrogen-bond donors (Lipinski definition) is 4. The molecule has 0 spiro atoms. The molecule has 1 rings (SSSR count). The molecular formula is C13H19NO4. The monoisotopic (exact) mass is 253 g/mol. The number of nitrogens with one attached hydrogen (secondary N) is 1. The van der Waals surface area contributed by atoms with Gasteiger partial charge in [-0.05, 0) is 37.0 Å². The minimum atomic E-state index is -1.36. The second-order valence-corrected chi connectivity index (χ2v) is 4.16. The predicted molar refractivity (Wildman–Crippen MR) is 68.3 cm³/mol. The molecule has 1 aromatic carbocycles. The molecule has 0 saturated carbocycles. The SMILES string of the molecule is O=C(O)CCCCc1ccc(NCC(O)O)cc1. The van der Waals surface area contributed by atoms with E-state index in [4.69, 9.17) is 15.3 Å². The van der Waals surface area contributed by atoms with Gasteiger partial charge in [0.1, 0.15) is 0 Å². The molecule has 18 heavy (non-hydrogen) atoms. The molecule has 0 amide bonds. The highest BCUT2D eigenvalue weighted by Gasteiger charge is 1.99. The van der Waals surface area contributed by atoms with E-state index in [1.807, 2.05) is 24.3 Å². The number of carboxylic acid groups (broad SMARTS) is 1. The van der Waals surface area contributed by atoms with Crippen molar-refractivity contribution in [3.63, 3.8) is 0 Å². The van der Waals surface area contributed by atoms with Gasteiger partial charge in [-0.3, -0.25) is 4.79 Å². The Kier molecular flexibility index (Phi) is 6.18. The van der Waals surface area contributed by atoms with E-state index in [1.165, 1.54) is 0 Å². The van der Waals surface area contributed by atoms with Crippen molar-refractivity contribution in [2.45, 2.75) is 32.0 Å².